The molecule has 26 heavy (non-hydrogen) atoms. The second kappa shape index (κ2) is 9.22. The van der Waals surface area contributed by atoms with E-state index in [1.54, 1.807) is 31.3 Å². The summed E-state index contributed by atoms with van der Waals surface area (Å²) >= 11 is 0. The first-order chi connectivity index (χ1) is 12.0. The van der Waals surface area contributed by atoms with Gasteiger partial charge < -0.3 is 20.9 Å². The van der Waals surface area contributed by atoms with Gasteiger partial charge >= 0.3 is 6.03 Å². The number of rotatable bonds is 6. The highest BCUT2D eigenvalue weighted by Gasteiger charge is 2.18. The molecule has 1 aromatic carbocycles. The third kappa shape index (κ3) is 7.55. The van der Waals surface area contributed by atoms with Gasteiger partial charge in [0.05, 0.1) is 0 Å². The van der Waals surface area contributed by atoms with Crippen molar-refractivity contribution < 1.29 is 14.4 Å². The maximum absolute atomic E-state index is 12.2. The standard InChI is InChI=1S/C19H30N4O3/c1-7-13(2)20-17(25)14-8-10-15(11-9-14)21-18(26)23(6)12-16(24)22-19(3,4)5/h8-11,13H,7,12H2,1-6H3,(H,20,25)(H,21,26)(H,22,24). The zero-order chi connectivity index (χ0) is 19.9. The second-order valence-corrected chi connectivity index (χ2v) is 7.44. The minimum atomic E-state index is -0.397. The van der Waals surface area contributed by atoms with Gasteiger partial charge in [0.1, 0.15) is 6.54 Å². The van der Waals surface area contributed by atoms with Gasteiger partial charge in [-0.05, 0) is 58.4 Å². The molecule has 7 heteroatoms. The monoisotopic (exact) mass is 362 g/mol. The molecule has 144 valence electrons. The molecule has 7 nitrogen and oxygen atoms in total. The van der Waals surface area contributed by atoms with E-state index in [0.29, 0.717) is 11.3 Å². The zero-order valence-electron chi connectivity index (χ0n) is 16.5. The van der Waals surface area contributed by atoms with E-state index < -0.39 is 6.03 Å². The third-order valence-electron chi connectivity index (χ3n) is 3.63. The lowest BCUT2D eigenvalue weighted by atomic mass is 10.1. The molecule has 0 radical (unpaired) electrons. The van der Waals surface area contributed by atoms with Crippen LogP contribution in [0.25, 0.3) is 0 Å². The van der Waals surface area contributed by atoms with Crippen LogP contribution in [-0.2, 0) is 4.79 Å². The molecular weight excluding hydrogens is 332 g/mol. The highest BCUT2D eigenvalue weighted by atomic mass is 16.2. The maximum Gasteiger partial charge on any atom is 0.322 e. The molecule has 3 N–H and O–H groups in total. The average Bonchev–Trinajstić information content (AvgIpc) is 2.53. The summed E-state index contributed by atoms with van der Waals surface area (Å²) in [5, 5.41) is 8.39. The van der Waals surface area contributed by atoms with Crippen molar-refractivity contribution >= 4 is 23.5 Å². The van der Waals surface area contributed by atoms with E-state index in [2.05, 4.69) is 16.0 Å². The van der Waals surface area contributed by atoms with Gasteiger partial charge in [-0.25, -0.2) is 4.79 Å². The van der Waals surface area contributed by atoms with Crippen LogP contribution in [0.5, 0.6) is 0 Å². The number of nitrogens with zero attached hydrogens (tertiary/aromatic N) is 1. The first-order valence-electron chi connectivity index (χ1n) is 8.76. The van der Waals surface area contributed by atoms with Crippen LogP contribution in [0.15, 0.2) is 24.3 Å². The highest BCUT2D eigenvalue weighted by Crippen LogP contribution is 2.11. The number of urea groups is 1. The van der Waals surface area contributed by atoms with Gasteiger partial charge in [0.15, 0.2) is 0 Å². The first-order valence-corrected chi connectivity index (χ1v) is 8.76. The van der Waals surface area contributed by atoms with Crippen molar-refractivity contribution in [2.75, 3.05) is 18.9 Å². The minimum absolute atomic E-state index is 0.0432. The smallest absolute Gasteiger partial charge is 0.322 e. The Morgan fingerprint density at radius 2 is 1.69 bits per heavy atom. The molecule has 0 saturated heterocycles. The van der Waals surface area contributed by atoms with Crippen molar-refractivity contribution in [1.82, 2.24) is 15.5 Å². The number of hydrogen-bond donors (Lipinski definition) is 3. The minimum Gasteiger partial charge on any atom is -0.350 e. The van der Waals surface area contributed by atoms with E-state index in [1.165, 1.54) is 4.90 Å². The summed E-state index contributed by atoms with van der Waals surface area (Å²) in [5.74, 6) is -0.375. The fourth-order valence-corrected chi connectivity index (χ4v) is 2.08. The van der Waals surface area contributed by atoms with Crippen LogP contribution < -0.4 is 16.0 Å². The average molecular weight is 362 g/mol. The van der Waals surface area contributed by atoms with Gasteiger partial charge in [-0.3, -0.25) is 9.59 Å². The Kier molecular flexibility index (Phi) is 7.61. The lowest BCUT2D eigenvalue weighted by molar-refractivity contribution is -0.122. The molecule has 0 fully saturated rings. The van der Waals surface area contributed by atoms with E-state index in [1.807, 2.05) is 34.6 Å². The Hall–Kier alpha value is -2.57. The number of likely N-dealkylation sites (N-methyl/N-ethyl adjacent to an activating group) is 1. The molecule has 1 rings (SSSR count). The van der Waals surface area contributed by atoms with Gasteiger partial charge in [0, 0.05) is 29.9 Å². The Morgan fingerprint density at radius 1 is 1.12 bits per heavy atom. The molecule has 0 heterocycles. The van der Waals surface area contributed by atoms with Gasteiger partial charge in [-0.1, -0.05) is 6.92 Å². The lowest BCUT2D eigenvalue weighted by Gasteiger charge is -2.23. The predicted molar refractivity (Wildman–Crippen MR) is 103 cm³/mol. The molecule has 1 atom stereocenters. The third-order valence-corrected chi connectivity index (χ3v) is 3.63. The summed E-state index contributed by atoms with van der Waals surface area (Å²) < 4.78 is 0. The number of carbonyl (C=O) groups excluding carboxylic acids is 3. The van der Waals surface area contributed by atoms with Crippen LogP contribution in [0.2, 0.25) is 0 Å². The van der Waals surface area contributed by atoms with Crippen molar-refractivity contribution in [2.45, 2.75) is 52.6 Å². The van der Waals surface area contributed by atoms with E-state index in [0.717, 1.165) is 6.42 Å². The molecule has 0 aliphatic heterocycles. The van der Waals surface area contributed by atoms with Gasteiger partial charge in [0.2, 0.25) is 5.91 Å². The summed E-state index contributed by atoms with van der Waals surface area (Å²) in [6.45, 7) is 9.54. The van der Waals surface area contributed by atoms with Gasteiger partial charge in [0.25, 0.3) is 5.91 Å². The number of benzene rings is 1. The van der Waals surface area contributed by atoms with Crippen molar-refractivity contribution in [2.24, 2.45) is 0 Å². The van der Waals surface area contributed by atoms with E-state index in [-0.39, 0.29) is 29.9 Å². The Balaban J connectivity index is 2.59. The molecule has 0 saturated carbocycles. The molecule has 0 aliphatic carbocycles. The van der Waals surface area contributed by atoms with Crippen LogP contribution in [0, 0.1) is 0 Å². The maximum atomic E-state index is 12.2. The largest absolute Gasteiger partial charge is 0.350 e. The van der Waals surface area contributed by atoms with Crippen molar-refractivity contribution in [3.05, 3.63) is 29.8 Å². The topological polar surface area (TPSA) is 90.5 Å². The van der Waals surface area contributed by atoms with Crippen molar-refractivity contribution in [1.29, 1.82) is 0 Å². The quantitative estimate of drug-likeness (QED) is 0.726. The highest BCUT2D eigenvalue weighted by molar-refractivity contribution is 5.96. The summed E-state index contributed by atoms with van der Waals surface area (Å²) in [6.07, 6.45) is 0.856. The van der Waals surface area contributed by atoms with E-state index >= 15 is 0 Å². The van der Waals surface area contributed by atoms with Gasteiger partial charge in [-0.2, -0.15) is 0 Å². The number of amides is 4. The van der Waals surface area contributed by atoms with Crippen LogP contribution >= 0.6 is 0 Å². The number of anilines is 1. The molecule has 0 aliphatic rings. The van der Waals surface area contributed by atoms with Crippen LogP contribution in [0.4, 0.5) is 10.5 Å². The Labute approximate surface area is 155 Å². The first kappa shape index (κ1) is 21.5. The predicted octanol–water partition coefficient (Wildman–Crippen LogP) is 2.59. The fourth-order valence-electron chi connectivity index (χ4n) is 2.08. The van der Waals surface area contributed by atoms with E-state index in [9.17, 15) is 14.4 Å². The van der Waals surface area contributed by atoms with Gasteiger partial charge in [-0.15, -0.1) is 0 Å². The Bertz CT molecular complexity index is 635. The molecule has 0 spiro atoms. The molecular formula is C19H30N4O3. The SMILES string of the molecule is CCC(C)NC(=O)c1ccc(NC(=O)N(C)CC(=O)NC(C)(C)C)cc1. The van der Waals surface area contributed by atoms with E-state index in [4.69, 9.17) is 0 Å². The van der Waals surface area contributed by atoms with Crippen molar-refractivity contribution in [3.63, 3.8) is 0 Å². The molecule has 1 aromatic rings. The second-order valence-electron chi connectivity index (χ2n) is 7.44. The molecule has 4 amide bonds. The number of nitrogens with one attached hydrogen (secondary N) is 3. The van der Waals surface area contributed by atoms with Crippen LogP contribution in [0.3, 0.4) is 0 Å². The summed E-state index contributed by atoms with van der Waals surface area (Å²) in [7, 11) is 1.55. The Morgan fingerprint density at radius 3 is 2.19 bits per heavy atom. The molecule has 1 unspecified atom stereocenters. The number of carbonyl (C=O) groups is 3. The van der Waals surface area contributed by atoms with Crippen molar-refractivity contribution in [3.8, 4) is 0 Å². The molecule has 0 bridgehead atoms. The lowest BCUT2D eigenvalue weighted by Crippen LogP contribution is -2.47. The fraction of sp³-hybridized carbons (Fsp3) is 0.526. The summed E-state index contributed by atoms with van der Waals surface area (Å²) in [6, 6.07) is 6.33. The summed E-state index contributed by atoms with van der Waals surface area (Å²) in [5.41, 5.74) is 0.736. The van der Waals surface area contributed by atoms with Crippen LogP contribution in [-0.4, -0.2) is 47.9 Å². The normalized spacial score (nSPS) is 12.1. The molecule has 0 aromatic heterocycles. The zero-order valence-corrected chi connectivity index (χ0v) is 16.5. The number of hydrogen-bond acceptors (Lipinski definition) is 3. The van der Waals surface area contributed by atoms with Crippen LogP contribution in [0.1, 0.15) is 51.4 Å². The summed E-state index contributed by atoms with van der Waals surface area (Å²) in [4.78, 5) is 37.4.